The summed E-state index contributed by atoms with van der Waals surface area (Å²) in [4.78, 5) is 9.10. The predicted octanol–water partition coefficient (Wildman–Crippen LogP) is 0.782. The van der Waals surface area contributed by atoms with Gasteiger partial charge in [0.15, 0.2) is 10.8 Å². The minimum atomic E-state index is -0.451. The second-order valence-corrected chi connectivity index (χ2v) is 8.59. The van der Waals surface area contributed by atoms with Crippen molar-refractivity contribution in [2.45, 2.75) is 44.2 Å². The molecule has 0 saturated carbocycles. The van der Waals surface area contributed by atoms with Crippen molar-refractivity contribution in [3.63, 3.8) is 0 Å². The predicted molar refractivity (Wildman–Crippen MR) is 115 cm³/mol. The van der Waals surface area contributed by atoms with Crippen molar-refractivity contribution < 1.29 is 9.47 Å². The first-order valence-corrected chi connectivity index (χ1v) is 10.3. The summed E-state index contributed by atoms with van der Waals surface area (Å²) in [5.74, 6) is 1.04. The number of fused-ring (bicyclic) bond motifs is 2. The van der Waals surface area contributed by atoms with Crippen molar-refractivity contribution in [3.8, 4) is 5.88 Å². The molecule has 0 atom stereocenters. The molecule has 3 aromatic rings. The number of hydrogen-bond acceptors (Lipinski definition) is 7. The van der Waals surface area contributed by atoms with Gasteiger partial charge < -0.3 is 14.8 Å². The summed E-state index contributed by atoms with van der Waals surface area (Å²) in [6.45, 7) is 4.17. The van der Waals surface area contributed by atoms with Gasteiger partial charge in [0.2, 0.25) is 5.95 Å². The Bertz CT molecular complexity index is 1080. The molecule has 0 aliphatic carbocycles. The van der Waals surface area contributed by atoms with Crippen molar-refractivity contribution in [2.75, 3.05) is 18.5 Å². The third-order valence-corrected chi connectivity index (χ3v) is 5.91. The Morgan fingerprint density at radius 1 is 1.28 bits per heavy atom. The third-order valence-electron chi connectivity index (χ3n) is 5.63. The minimum Gasteiger partial charge on any atom is -0.487 e. The van der Waals surface area contributed by atoms with Crippen molar-refractivity contribution in [2.24, 2.45) is 0 Å². The van der Waals surface area contributed by atoms with E-state index in [0.717, 1.165) is 49.2 Å². The number of rotatable bonds is 1. The Balaban J connectivity index is 1.63. The van der Waals surface area contributed by atoms with Crippen LogP contribution in [0.15, 0.2) is 6.20 Å². The van der Waals surface area contributed by atoms with Gasteiger partial charge in [0.05, 0.1) is 17.1 Å². The molecule has 1 saturated heterocycles. The topological polar surface area (TPSA) is 91.9 Å². The van der Waals surface area contributed by atoms with Crippen molar-refractivity contribution >= 4 is 50.0 Å². The van der Waals surface area contributed by atoms with Gasteiger partial charge in [-0.1, -0.05) is 11.6 Å². The van der Waals surface area contributed by atoms with Gasteiger partial charge in [0.1, 0.15) is 21.4 Å². The second-order valence-electron chi connectivity index (χ2n) is 8.24. The van der Waals surface area contributed by atoms with E-state index >= 15 is 0 Å². The molecule has 150 valence electrons. The quantitative estimate of drug-likeness (QED) is 0.590. The maximum Gasteiger partial charge on any atom is 0.256 e. The van der Waals surface area contributed by atoms with E-state index in [0.29, 0.717) is 35.2 Å². The van der Waals surface area contributed by atoms with E-state index in [1.165, 1.54) is 0 Å². The van der Waals surface area contributed by atoms with Gasteiger partial charge in [-0.2, -0.15) is 10.1 Å². The van der Waals surface area contributed by atoms with Crippen molar-refractivity contribution in [3.05, 3.63) is 17.0 Å². The van der Waals surface area contributed by atoms with E-state index < -0.39 is 5.40 Å². The highest BCUT2D eigenvalue weighted by molar-refractivity contribution is 6.39. The number of aromatic nitrogens is 6. The van der Waals surface area contributed by atoms with Crippen LogP contribution in [-0.2, 0) is 11.3 Å². The largest absolute Gasteiger partial charge is 0.487 e. The summed E-state index contributed by atoms with van der Waals surface area (Å²) in [6, 6.07) is 0.293. The Hall–Kier alpha value is -2.26. The van der Waals surface area contributed by atoms with Crippen molar-refractivity contribution in [1.82, 2.24) is 29.5 Å². The van der Waals surface area contributed by atoms with Gasteiger partial charge in [0, 0.05) is 31.4 Å². The smallest absolute Gasteiger partial charge is 0.256 e. The van der Waals surface area contributed by atoms with E-state index in [4.69, 9.17) is 26.2 Å². The molecule has 1 N–H and O–H groups in total. The second kappa shape index (κ2) is 6.91. The molecule has 29 heavy (non-hydrogen) atoms. The molecule has 12 heteroatoms. The van der Waals surface area contributed by atoms with Gasteiger partial charge in [-0.15, -0.1) is 5.10 Å². The molecule has 5 rings (SSSR count). The highest BCUT2D eigenvalue weighted by Gasteiger charge is 2.29. The molecule has 5 heterocycles. The molecule has 0 spiro atoms. The standard InChI is InChI=1S/C17H22B2ClN7O2/c1-9-12-15(25-27(9)10-2-6-28-7-3-10)29-17(18,19)4-5-26-14-11(13(20)24-26)8-21-16(22-12)23-14/h8,10H,2-7,18-19H2,1H3,(H,21,22,23). The molecule has 2 aliphatic heterocycles. The first-order chi connectivity index (χ1) is 13.9. The lowest BCUT2D eigenvalue weighted by Crippen LogP contribution is -2.38. The molecule has 1 fully saturated rings. The SMILES string of the molecule is BC1(B)CCn2nc(Cl)c3cnc(nc32)Nc2c(nn(C3CCOCC3)c2C)O1. The molecule has 2 bridgehead atoms. The summed E-state index contributed by atoms with van der Waals surface area (Å²) >= 11 is 6.28. The number of anilines is 2. The summed E-state index contributed by atoms with van der Waals surface area (Å²) < 4.78 is 15.8. The fourth-order valence-electron chi connectivity index (χ4n) is 3.93. The Morgan fingerprint density at radius 3 is 2.86 bits per heavy atom. The van der Waals surface area contributed by atoms with Crippen LogP contribution in [0.3, 0.4) is 0 Å². The Kier molecular flexibility index (Phi) is 4.47. The van der Waals surface area contributed by atoms with Crippen LogP contribution in [0.25, 0.3) is 11.0 Å². The molecule has 3 aromatic heterocycles. The molecule has 9 nitrogen and oxygen atoms in total. The van der Waals surface area contributed by atoms with Gasteiger partial charge in [0.25, 0.3) is 5.88 Å². The Morgan fingerprint density at radius 2 is 2.07 bits per heavy atom. The van der Waals surface area contributed by atoms with Gasteiger partial charge in [-0.25, -0.2) is 9.67 Å². The maximum atomic E-state index is 6.39. The van der Waals surface area contributed by atoms with Gasteiger partial charge in [-0.05, 0) is 26.2 Å². The van der Waals surface area contributed by atoms with E-state index in [2.05, 4.69) is 40.8 Å². The van der Waals surface area contributed by atoms with Crippen LogP contribution in [0.4, 0.5) is 11.6 Å². The monoisotopic (exact) mass is 413 g/mol. The zero-order valence-corrected chi connectivity index (χ0v) is 17.5. The summed E-state index contributed by atoms with van der Waals surface area (Å²) in [5.41, 5.74) is 2.50. The van der Waals surface area contributed by atoms with E-state index in [1.54, 1.807) is 6.20 Å². The Labute approximate surface area is 174 Å². The number of ether oxygens (including phenoxy) is 2. The number of hydrogen-bond donors (Lipinski definition) is 1. The molecular formula is C17H22B2ClN7O2. The van der Waals surface area contributed by atoms with Gasteiger partial charge >= 0.3 is 0 Å². The molecule has 0 aromatic carbocycles. The van der Waals surface area contributed by atoms with Crippen LogP contribution in [0.1, 0.15) is 31.0 Å². The lowest BCUT2D eigenvalue weighted by atomic mass is 9.63. The average Bonchev–Trinajstić information content (AvgIpc) is 3.17. The molecule has 0 amide bonds. The highest BCUT2D eigenvalue weighted by atomic mass is 35.5. The summed E-state index contributed by atoms with van der Waals surface area (Å²) in [7, 11) is 4.11. The first kappa shape index (κ1) is 18.7. The molecule has 0 radical (unpaired) electrons. The van der Waals surface area contributed by atoms with Crippen LogP contribution >= 0.6 is 11.6 Å². The lowest BCUT2D eigenvalue weighted by Gasteiger charge is -2.26. The summed E-state index contributed by atoms with van der Waals surface area (Å²) in [6.07, 6.45) is 4.30. The van der Waals surface area contributed by atoms with E-state index in [1.807, 2.05) is 11.6 Å². The summed E-state index contributed by atoms with van der Waals surface area (Å²) in [5, 5.41) is 13.3. The van der Waals surface area contributed by atoms with E-state index in [-0.39, 0.29) is 0 Å². The zero-order valence-electron chi connectivity index (χ0n) is 16.8. The van der Waals surface area contributed by atoms with Crippen LogP contribution < -0.4 is 10.1 Å². The number of nitrogens with one attached hydrogen (secondary N) is 1. The number of nitrogens with zero attached hydrogens (tertiary/aromatic N) is 6. The normalized spacial score (nSPS) is 19.4. The van der Waals surface area contributed by atoms with Gasteiger partial charge in [-0.3, -0.25) is 4.68 Å². The van der Waals surface area contributed by atoms with E-state index in [9.17, 15) is 0 Å². The number of halogens is 1. The molecule has 2 aliphatic rings. The van der Waals surface area contributed by atoms with Crippen LogP contribution in [-0.4, -0.2) is 63.8 Å². The van der Waals surface area contributed by atoms with Crippen LogP contribution in [0, 0.1) is 6.92 Å². The highest BCUT2D eigenvalue weighted by Crippen LogP contribution is 2.36. The lowest BCUT2D eigenvalue weighted by molar-refractivity contribution is 0.0650. The molecule has 0 unspecified atom stereocenters. The van der Waals surface area contributed by atoms with Crippen molar-refractivity contribution in [1.29, 1.82) is 0 Å². The molecular weight excluding hydrogens is 391 g/mol. The van der Waals surface area contributed by atoms with Crippen LogP contribution in [0.2, 0.25) is 5.15 Å². The average molecular weight is 413 g/mol. The van der Waals surface area contributed by atoms with Crippen LogP contribution in [0.5, 0.6) is 5.88 Å². The maximum absolute atomic E-state index is 6.39. The first-order valence-electron chi connectivity index (χ1n) is 9.93. The minimum absolute atomic E-state index is 0.293. The fraction of sp³-hybridized carbons (Fsp3) is 0.529. The fourth-order valence-corrected chi connectivity index (χ4v) is 4.16. The number of aryl methyl sites for hydroxylation is 1. The third kappa shape index (κ3) is 3.36. The zero-order chi connectivity index (χ0) is 20.2.